The molecule has 0 aromatic heterocycles. The van der Waals surface area contributed by atoms with Gasteiger partial charge in [-0.3, -0.25) is 9.80 Å². The van der Waals surface area contributed by atoms with Crippen molar-refractivity contribution in [3.8, 4) is 0 Å². The first kappa shape index (κ1) is 42.1. The third-order valence-electron chi connectivity index (χ3n) is 9.75. The van der Waals surface area contributed by atoms with Gasteiger partial charge in [0, 0.05) is 50.0 Å². The van der Waals surface area contributed by atoms with Gasteiger partial charge in [-0.1, -0.05) is 133 Å². The number of rotatable bonds is 14. The smallest absolute Gasteiger partial charge is 0.336 e. The van der Waals surface area contributed by atoms with E-state index in [9.17, 15) is 9.59 Å². The van der Waals surface area contributed by atoms with Crippen LogP contribution in [0.25, 0.3) is 6.08 Å². The van der Waals surface area contributed by atoms with Crippen LogP contribution in [0, 0.1) is 0 Å². The minimum atomic E-state index is -0.752. The molecule has 2 heterocycles. The minimum absolute atomic E-state index is 0.109. The van der Waals surface area contributed by atoms with Gasteiger partial charge in [-0.05, 0) is 42.2 Å². The summed E-state index contributed by atoms with van der Waals surface area (Å²) in [5.74, 6) is -1.86. The summed E-state index contributed by atoms with van der Waals surface area (Å²) in [5.41, 5.74) is 11.7. The van der Waals surface area contributed by atoms with E-state index in [1.807, 2.05) is 0 Å². The van der Waals surface area contributed by atoms with Gasteiger partial charge in [-0.15, -0.1) is 0 Å². The Morgan fingerprint density at radius 1 is 0.839 bits per heavy atom. The van der Waals surface area contributed by atoms with Crippen LogP contribution in [-0.2, 0) is 23.8 Å². The molecule has 1 fully saturated rings. The van der Waals surface area contributed by atoms with Crippen molar-refractivity contribution in [2.75, 3.05) is 66.2 Å². The largest absolute Gasteiger partial charge is 0.466 e. The predicted molar refractivity (Wildman–Crippen MR) is 224 cm³/mol. The fraction of sp³-hybridized carbons (Fsp3) is 0.304. The molecule has 1 unspecified atom stereocenters. The molecule has 10 heteroatoms. The van der Waals surface area contributed by atoms with Crippen molar-refractivity contribution in [1.82, 2.24) is 15.1 Å². The third kappa shape index (κ3) is 11.3. The van der Waals surface area contributed by atoms with Crippen LogP contribution in [-0.4, -0.2) is 87.9 Å². The van der Waals surface area contributed by atoms with Crippen molar-refractivity contribution in [2.24, 2.45) is 5.73 Å². The van der Waals surface area contributed by atoms with Crippen LogP contribution in [0.3, 0.4) is 0 Å². The van der Waals surface area contributed by atoms with Gasteiger partial charge in [0.1, 0.15) is 0 Å². The maximum Gasteiger partial charge on any atom is 0.336 e. The maximum absolute atomic E-state index is 12.9. The molecule has 4 aromatic rings. The van der Waals surface area contributed by atoms with Crippen molar-refractivity contribution < 1.29 is 23.8 Å². The number of nitrogens with zero attached hydrogens (tertiary/aromatic N) is 2. The van der Waals surface area contributed by atoms with E-state index < -0.39 is 17.9 Å². The van der Waals surface area contributed by atoms with Crippen LogP contribution in [0.2, 0.25) is 5.02 Å². The molecule has 9 nitrogen and oxygen atoms in total. The van der Waals surface area contributed by atoms with E-state index in [-0.39, 0.29) is 18.8 Å². The Morgan fingerprint density at radius 2 is 1.43 bits per heavy atom. The number of hydrogen-bond acceptors (Lipinski definition) is 9. The second kappa shape index (κ2) is 21.9. The lowest BCUT2D eigenvalue weighted by Crippen LogP contribution is -2.47. The number of halogens is 1. The van der Waals surface area contributed by atoms with Gasteiger partial charge in [0.05, 0.1) is 55.7 Å². The lowest BCUT2D eigenvalue weighted by molar-refractivity contribution is -0.139. The molecule has 56 heavy (non-hydrogen) atoms. The monoisotopic (exact) mass is 776 g/mol. The van der Waals surface area contributed by atoms with Crippen molar-refractivity contribution in [3.05, 3.63) is 171 Å². The van der Waals surface area contributed by atoms with Gasteiger partial charge < -0.3 is 25.3 Å². The number of esters is 2. The predicted octanol–water partition coefficient (Wildman–Crippen LogP) is 7.37. The summed E-state index contributed by atoms with van der Waals surface area (Å²) in [5, 5.41) is 3.52. The molecule has 0 spiro atoms. The van der Waals surface area contributed by atoms with Gasteiger partial charge in [-0.25, -0.2) is 9.59 Å². The molecular formula is C46H53ClN4O5. The standard InChI is InChI=1S/C26H28N2.C20H25ClN2O5/c1-4-11-23(12-5-1)13-10-18-27-19-21-28(22-20-27)26(24-14-6-2-7-15-24)25-16-8-3-9-17-25;1-4-28-20(25)18-15(11-27-10-9-22)23-12(2)16(19(24)26-3)17(18)13-7-5-6-8-14(13)21/h1-17,26H,18-22H2;5-8,17,23H,4,9-11,22H2,1-3H3/b13-10+;. The number of piperazine rings is 1. The highest BCUT2D eigenvalue weighted by molar-refractivity contribution is 6.31. The van der Waals surface area contributed by atoms with Gasteiger partial charge in [0.15, 0.2) is 0 Å². The second-order valence-electron chi connectivity index (χ2n) is 13.4. The molecule has 2 aliphatic heterocycles. The molecule has 0 saturated carbocycles. The summed E-state index contributed by atoms with van der Waals surface area (Å²) >= 11 is 6.42. The number of benzene rings is 4. The third-order valence-corrected chi connectivity index (χ3v) is 10.1. The molecular weight excluding hydrogens is 724 g/mol. The Bertz CT molecular complexity index is 1900. The quantitative estimate of drug-likeness (QED) is 0.100. The normalized spacial score (nSPS) is 16.4. The van der Waals surface area contributed by atoms with E-state index in [1.165, 1.54) is 23.8 Å². The minimum Gasteiger partial charge on any atom is -0.466 e. The molecule has 0 amide bonds. The highest BCUT2D eigenvalue weighted by Crippen LogP contribution is 2.42. The molecule has 0 radical (unpaired) electrons. The number of nitrogens with one attached hydrogen (secondary N) is 1. The number of ether oxygens (including phenoxy) is 3. The zero-order valence-corrected chi connectivity index (χ0v) is 33.3. The maximum atomic E-state index is 12.9. The first-order valence-corrected chi connectivity index (χ1v) is 19.5. The summed E-state index contributed by atoms with van der Waals surface area (Å²) in [6.07, 6.45) is 4.51. The number of allylic oxidation sites excluding steroid dienone is 1. The SMILES string of the molecule is C(=C\c1ccccc1)/CN1CCN(C(c2ccccc2)c2ccccc2)CC1.CCOC(=O)C1=C(COCCN)NC(C)=C(C(=O)OC)C1c1ccccc1Cl. The number of methoxy groups -OCH3 is 1. The Morgan fingerprint density at radius 3 is 2.00 bits per heavy atom. The van der Waals surface area contributed by atoms with Crippen LogP contribution < -0.4 is 11.1 Å². The summed E-state index contributed by atoms with van der Waals surface area (Å²) in [6, 6.07) is 39.7. The molecule has 3 N–H and O–H groups in total. The fourth-order valence-electron chi connectivity index (χ4n) is 7.11. The molecule has 0 bridgehead atoms. The van der Waals surface area contributed by atoms with Crippen molar-refractivity contribution in [3.63, 3.8) is 0 Å². The first-order valence-electron chi connectivity index (χ1n) is 19.1. The number of nitrogens with two attached hydrogens (primary N) is 1. The van der Waals surface area contributed by atoms with E-state index in [1.54, 1.807) is 38.1 Å². The number of dihydropyridines is 1. The molecule has 0 aliphatic carbocycles. The van der Waals surface area contributed by atoms with Crippen LogP contribution >= 0.6 is 11.6 Å². The Kier molecular flexibility index (Phi) is 16.5. The van der Waals surface area contributed by atoms with E-state index in [0.29, 0.717) is 46.7 Å². The number of carbonyl (C=O) groups excluding carboxylic acids is 2. The Hall–Kier alpha value is -5.03. The van der Waals surface area contributed by atoms with Gasteiger partial charge in [0.2, 0.25) is 0 Å². The lowest BCUT2D eigenvalue weighted by atomic mass is 9.80. The molecule has 294 valence electrons. The zero-order chi connectivity index (χ0) is 39.7. The second-order valence-corrected chi connectivity index (χ2v) is 13.8. The first-order chi connectivity index (χ1) is 27.4. The van der Waals surface area contributed by atoms with Crippen LogP contribution in [0.15, 0.2) is 144 Å². The number of carbonyl (C=O) groups is 2. The Balaban J connectivity index is 0.000000214. The van der Waals surface area contributed by atoms with Gasteiger partial charge >= 0.3 is 11.9 Å². The Labute approximate surface area is 336 Å². The van der Waals surface area contributed by atoms with Crippen molar-refractivity contribution >= 4 is 29.6 Å². The average molecular weight is 777 g/mol. The summed E-state index contributed by atoms with van der Waals surface area (Å²) < 4.78 is 15.8. The lowest BCUT2D eigenvalue weighted by Gasteiger charge is -2.39. The summed E-state index contributed by atoms with van der Waals surface area (Å²) in [4.78, 5) is 30.6. The molecule has 1 saturated heterocycles. The summed E-state index contributed by atoms with van der Waals surface area (Å²) in [6.45, 7) is 9.83. The van der Waals surface area contributed by atoms with Crippen molar-refractivity contribution in [2.45, 2.75) is 25.8 Å². The molecule has 4 aromatic carbocycles. The van der Waals surface area contributed by atoms with E-state index in [0.717, 1.165) is 32.7 Å². The highest BCUT2D eigenvalue weighted by Gasteiger charge is 2.39. The van der Waals surface area contributed by atoms with E-state index >= 15 is 0 Å². The average Bonchev–Trinajstić information content (AvgIpc) is 3.23. The summed E-state index contributed by atoms with van der Waals surface area (Å²) in [7, 11) is 1.29. The van der Waals surface area contributed by atoms with Crippen LogP contribution in [0.1, 0.15) is 48.1 Å². The van der Waals surface area contributed by atoms with Crippen LogP contribution in [0.4, 0.5) is 0 Å². The van der Waals surface area contributed by atoms with E-state index in [2.05, 4.69) is 118 Å². The zero-order valence-electron chi connectivity index (χ0n) is 32.5. The molecule has 2 aliphatic rings. The molecule has 6 rings (SSSR count). The van der Waals surface area contributed by atoms with Crippen molar-refractivity contribution in [1.29, 1.82) is 0 Å². The number of hydrogen-bond donors (Lipinski definition) is 2. The van der Waals surface area contributed by atoms with Gasteiger partial charge in [0.25, 0.3) is 0 Å². The van der Waals surface area contributed by atoms with Crippen LogP contribution in [0.5, 0.6) is 0 Å². The highest BCUT2D eigenvalue weighted by atomic mass is 35.5. The fourth-order valence-corrected chi connectivity index (χ4v) is 7.35. The molecule has 1 atom stereocenters. The topological polar surface area (TPSA) is 106 Å². The van der Waals surface area contributed by atoms with E-state index in [4.69, 9.17) is 31.5 Å². The van der Waals surface area contributed by atoms with Gasteiger partial charge in [-0.2, -0.15) is 0 Å².